The van der Waals surface area contributed by atoms with E-state index in [-0.39, 0.29) is 5.91 Å². The van der Waals surface area contributed by atoms with Gasteiger partial charge in [0, 0.05) is 32.2 Å². The third-order valence-electron chi connectivity index (χ3n) is 3.65. The average Bonchev–Trinajstić information content (AvgIpc) is 3.00. The number of benzene rings is 2. The van der Waals surface area contributed by atoms with E-state index in [1.54, 1.807) is 11.8 Å². The Morgan fingerprint density at radius 3 is 2.62 bits per heavy atom. The first-order valence-corrected chi connectivity index (χ1v) is 10.0. The van der Waals surface area contributed by atoms with E-state index in [0.29, 0.717) is 27.8 Å². The van der Waals surface area contributed by atoms with Gasteiger partial charge in [-0.2, -0.15) is 0 Å². The number of methoxy groups -OCH3 is 1. The van der Waals surface area contributed by atoms with Crippen LogP contribution in [0, 0.1) is 0 Å². The van der Waals surface area contributed by atoms with Crippen LogP contribution in [0.1, 0.15) is 16.8 Å². The highest BCUT2D eigenvalue weighted by Gasteiger charge is 2.20. The minimum atomic E-state index is -0.451. The summed E-state index contributed by atoms with van der Waals surface area (Å²) >= 11 is 8.82. The fraction of sp³-hybridized carbons (Fsp3) is 0.158. The average molecular weight is 406 g/mol. The smallest absolute Gasteiger partial charge is 0.341 e. The van der Waals surface area contributed by atoms with Gasteiger partial charge in [0.15, 0.2) is 0 Å². The Kier molecular flexibility index (Phi) is 6.19. The van der Waals surface area contributed by atoms with Crippen molar-refractivity contribution in [2.45, 2.75) is 11.3 Å². The lowest BCUT2D eigenvalue weighted by Crippen LogP contribution is -2.14. The number of hydrogen-bond donors (Lipinski definition) is 1. The molecule has 0 saturated carbocycles. The first kappa shape index (κ1) is 18.8. The van der Waals surface area contributed by atoms with Gasteiger partial charge < -0.3 is 10.1 Å². The molecule has 0 bridgehead atoms. The summed E-state index contributed by atoms with van der Waals surface area (Å²) in [7, 11) is 1.34. The predicted molar refractivity (Wildman–Crippen MR) is 109 cm³/mol. The van der Waals surface area contributed by atoms with Gasteiger partial charge in [-0.05, 0) is 30.3 Å². The Bertz CT molecular complexity index is 938. The second-order valence-corrected chi connectivity index (χ2v) is 8.05. The molecular weight excluding hydrogens is 390 g/mol. The number of hydrogen-bond acceptors (Lipinski definition) is 5. The van der Waals surface area contributed by atoms with Crippen molar-refractivity contribution < 1.29 is 14.3 Å². The summed E-state index contributed by atoms with van der Waals surface area (Å²) in [6.45, 7) is 0. The molecule has 3 rings (SSSR count). The number of halogens is 1. The number of fused-ring (bicyclic) bond motifs is 1. The molecule has 0 aliphatic rings. The first-order chi connectivity index (χ1) is 12.6. The summed E-state index contributed by atoms with van der Waals surface area (Å²) < 4.78 is 5.80. The fourth-order valence-electron chi connectivity index (χ4n) is 2.42. The molecule has 7 heteroatoms. The van der Waals surface area contributed by atoms with Crippen LogP contribution < -0.4 is 5.32 Å². The van der Waals surface area contributed by atoms with E-state index in [0.717, 1.165) is 15.0 Å². The van der Waals surface area contributed by atoms with Crippen molar-refractivity contribution in [2.75, 3.05) is 18.2 Å². The molecule has 0 radical (unpaired) electrons. The van der Waals surface area contributed by atoms with Crippen molar-refractivity contribution in [3.8, 4) is 0 Å². The van der Waals surface area contributed by atoms with Gasteiger partial charge in [-0.15, -0.1) is 23.1 Å². The number of thiophene rings is 1. The number of esters is 1. The lowest BCUT2D eigenvalue weighted by molar-refractivity contribution is -0.115. The standard InChI is InChI=1S/C19H16ClNO3S2/c1-24-19(23)17-14-4-2-3-5-15(14)26-18(17)21-16(22)10-11-25-13-8-6-12(20)7-9-13/h2-9H,10-11H2,1H3,(H,21,22). The molecule has 0 spiro atoms. The van der Waals surface area contributed by atoms with Crippen LogP contribution in [0.3, 0.4) is 0 Å². The summed E-state index contributed by atoms with van der Waals surface area (Å²) in [5.74, 6) is 0.0443. The molecule has 0 aliphatic heterocycles. The molecule has 1 heterocycles. The number of nitrogens with one attached hydrogen (secondary N) is 1. The molecule has 0 saturated heterocycles. The third-order valence-corrected chi connectivity index (χ3v) is 6.00. The van der Waals surface area contributed by atoms with E-state index >= 15 is 0 Å². The summed E-state index contributed by atoms with van der Waals surface area (Å²) in [6, 6.07) is 15.0. The Hall–Kier alpha value is -2.02. The number of rotatable bonds is 6. The fourth-order valence-corrected chi connectivity index (χ4v) is 4.50. The highest BCUT2D eigenvalue weighted by Crippen LogP contribution is 2.36. The maximum atomic E-state index is 12.3. The minimum absolute atomic E-state index is 0.136. The molecule has 0 atom stereocenters. The van der Waals surface area contributed by atoms with Gasteiger partial charge in [-0.3, -0.25) is 4.79 Å². The van der Waals surface area contributed by atoms with Crippen molar-refractivity contribution in [3.05, 3.63) is 59.1 Å². The SMILES string of the molecule is COC(=O)c1c(NC(=O)CCSc2ccc(Cl)cc2)sc2ccccc12. The number of anilines is 1. The normalized spacial score (nSPS) is 10.7. The highest BCUT2D eigenvalue weighted by molar-refractivity contribution is 7.99. The van der Waals surface area contributed by atoms with Crippen molar-refractivity contribution >= 4 is 61.7 Å². The number of thioether (sulfide) groups is 1. The molecule has 4 nitrogen and oxygen atoms in total. The molecular formula is C19H16ClNO3S2. The molecule has 2 aromatic carbocycles. The van der Waals surface area contributed by atoms with Crippen LogP contribution in [-0.4, -0.2) is 24.7 Å². The van der Waals surface area contributed by atoms with E-state index in [1.807, 2.05) is 48.5 Å². The topological polar surface area (TPSA) is 55.4 Å². The van der Waals surface area contributed by atoms with Crippen LogP contribution in [0.2, 0.25) is 5.02 Å². The van der Waals surface area contributed by atoms with Crippen LogP contribution in [0.15, 0.2) is 53.4 Å². The number of ether oxygens (including phenoxy) is 1. The van der Waals surface area contributed by atoms with Gasteiger partial charge in [-0.1, -0.05) is 29.8 Å². The molecule has 1 amide bonds. The van der Waals surface area contributed by atoms with E-state index in [1.165, 1.54) is 18.4 Å². The molecule has 0 unspecified atom stereocenters. The zero-order valence-corrected chi connectivity index (χ0v) is 16.3. The maximum Gasteiger partial charge on any atom is 0.341 e. The summed E-state index contributed by atoms with van der Waals surface area (Å²) in [4.78, 5) is 25.5. The van der Waals surface area contributed by atoms with Crippen LogP contribution in [0.25, 0.3) is 10.1 Å². The number of amides is 1. The van der Waals surface area contributed by atoms with Gasteiger partial charge in [0.1, 0.15) is 10.6 Å². The summed E-state index contributed by atoms with van der Waals surface area (Å²) in [6.07, 6.45) is 0.335. The second-order valence-electron chi connectivity index (χ2n) is 5.39. The van der Waals surface area contributed by atoms with Gasteiger partial charge in [0.25, 0.3) is 0 Å². The van der Waals surface area contributed by atoms with E-state index in [4.69, 9.17) is 16.3 Å². The molecule has 0 fully saturated rings. The maximum absolute atomic E-state index is 12.3. The van der Waals surface area contributed by atoms with E-state index in [9.17, 15) is 9.59 Å². The van der Waals surface area contributed by atoms with Crippen molar-refractivity contribution in [2.24, 2.45) is 0 Å². The molecule has 134 valence electrons. The van der Waals surface area contributed by atoms with Crippen LogP contribution in [0.4, 0.5) is 5.00 Å². The van der Waals surface area contributed by atoms with E-state index < -0.39 is 5.97 Å². The largest absolute Gasteiger partial charge is 0.465 e. The Morgan fingerprint density at radius 1 is 1.15 bits per heavy atom. The Balaban J connectivity index is 1.67. The lowest BCUT2D eigenvalue weighted by atomic mass is 10.1. The molecule has 1 aromatic heterocycles. The summed E-state index contributed by atoms with van der Waals surface area (Å²) in [5, 5.41) is 4.86. The van der Waals surface area contributed by atoms with Crippen LogP contribution in [0.5, 0.6) is 0 Å². The molecule has 3 aromatic rings. The monoisotopic (exact) mass is 405 g/mol. The van der Waals surface area contributed by atoms with Crippen molar-refractivity contribution in [3.63, 3.8) is 0 Å². The Morgan fingerprint density at radius 2 is 1.88 bits per heavy atom. The summed E-state index contributed by atoms with van der Waals surface area (Å²) in [5.41, 5.74) is 0.409. The molecule has 1 N–H and O–H groups in total. The van der Waals surface area contributed by atoms with Crippen molar-refractivity contribution in [1.82, 2.24) is 0 Å². The van der Waals surface area contributed by atoms with Crippen molar-refractivity contribution in [1.29, 1.82) is 0 Å². The second kappa shape index (κ2) is 8.58. The first-order valence-electron chi connectivity index (χ1n) is 7.86. The predicted octanol–water partition coefficient (Wildman–Crippen LogP) is 5.46. The van der Waals surface area contributed by atoms with Gasteiger partial charge >= 0.3 is 5.97 Å². The molecule has 26 heavy (non-hydrogen) atoms. The third kappa shape index (κ3) is 4.38. The minimum Gasteiger partial charge on any atom is -0.465 e. The number of carbonyl (C=O) groups is 2. The lowest BCUT2D eigenvalue weighted by Gasteiger charge is -2.06. The van der Waals surface area contributed by atoms with Crippen LogP contribution in [-0.2, 0) is 9.53 Å². The van der Waals surface area contributed by atoms with Gasteiger partial charge in [0.05, 0.1) is 7.11 Å². The van der Waals surface area contributed by atoms with E-state index in [2.05, 4.69) is 5.32 Å². The van der Waals surface area contributed by atoms with Gasteiger partial charge in [-0.25, -0.2) is 4.79 Å². The quantitative estimate of drug-likeness (QED) is 0.437. The zero-order chi connectivity index (χ0) is 18.5. The highest BCUT2D eigenvalue weighted by atomic mass is 35.5. The zero-order valence-electron chi connectivity index (χ0n) is 14.0. The van der Waals surface area contributed by atoms with Crippen LogP contribution >= 0.6 is 34.7 Å². The number of carbonyl (C=O) groups excluding carboxylic acids is 2. The van der Waals surface area contributed by atoms with Gasteiger partial charge in [0.2, 0.25) is 5.91 Å². The Labute approximate surface area is 164 Å². The molecule has 0 aliphatic carbocycles.